The number of nitrogens with one attached hydrogen (secondary N) is 1. The minimum Gasteiger partial charge on any atom is -0.306 e. The van der Waals surface area contributed by atoms with E-state index in [0.29, 0.717) is 10.8 Å². The van der Waals surface area contributed by atoms with E-state index in [9.17, 15) is 10.1 Å². The Morgan fingerprint density at radius 3 is 2.74 bits per heavy atom. The van der Waals surface area contributed by atoms with Crippen LogP contribution in [0.15, 0.2) is 60.8 Å². The van der Waals surface area contributed by atoms with Gasteiger partial charge in [-0.2, -0.15) is 15.0 Å². The van der Waals surface area contributed by atoms with Crippen LogP contribution in [0.5, 0.6) is 0 Å². The number of aryl methyl sites for hydroxylation is 2. The number of anilines is 1. The van der Waals surface area contributed by atoms with Crippen molar-refractivity contribution < 1.29 is 4.79 Å². The number of para-hydroxylation sites is 1. The van der Waals surface area contributed by atoms with Gasteiger partial charge in [0.15, 0.2) is 11.6 Å². The number of hydrogen-bond acceptors (Lipinski definition) is 4. The zero-order chi connectivity index (χ0) is 22.0. The van der Waals surface area contributed by atoms with Crippen molar-refractivity contribution in [2.24, 2.45) is 0 Å². The molecule has 0 atom stereocenters. The molecular formula is C24H18ClN5O. The smallest absolute Gasteiger partial charge is 0.249 e. The lowest BCUT2D eigenvalue weighted by Gasteiger charge is -2.11. The Hall–Kier alpha value is -3.95. The highest BCUT2D eigenvalue weighted by Crippen LogP contribution is 2.25. The first-order chi connectivity index (χ1) is 15.0. The number of amides is 1. The SMILES string of the molecule is Cc1cc(-n2ncc(C#N)c2NC(=O)/C=C/c2ccccc2Cl)nc2c(C)cccc12. The lowest BCUT2D eigenvalue weighted by molar-refractivity contribution is -0.111. The van der Waals surface area contributed by atoms with Crippen molar-refractivity contribution in [2.45, 2.75) is 13.8 Å². The van der Waals surface area contributed by atoms with Crippen LogP contribution in [-0.2, 0) is 4.79 Å². The Bertz CT molecular complexity index is 1380. The lowest BCUT2D eigenvalue weighted by atomic mass is 10.1. The molecule has 6 nitrogen and oxygen atoms in total. The van der Waals surface area contributed by atoms with Gasteiger partial charge in [-0.3, -0.25) is 4.79 Å². The van der Waals surface area contributed by atoms with E-state index in [1.54, 1.807) is 18.2 Å². The summed E-state index contributed by atoms with van der Waals surface area (Å²) in [5, 5.41) is 18.1. The Morgan fingerprint density at radius 2 is 1.97 bits per heavy atom. The van der Waals surface area contributed by atoms with E-state index in [2.05, 4.69) is 16.5 Å². The zero-order valence-corrected chi connectivity index (χ0v) is 17.7. The molecule has 0 bridgehead atoms. The maximum atomic E-state index is 12.6. The number of hydrogen-bond donors (Lipinski definition) is 1. The van der Waals surface area contributed by atoms with Gasteiger partial charge in [0.25, 0.3) is 0 Å². The van der Waals surface area contributed by atoms with E-state index >= 15 is 0 Å². The molecule has 0 radical (unpaired) electrons. The topological polar surface area (TPSA) is 83.6 Å². The van der Waals surface area contributed by atoms with Crippen LogP contribution in [0.1, 0.15) is 22.3 Å². The summed E-state index contributed by atoms with van der Waals surface area (Å²) in [7, 11) is 0. The summed E-state index contributed by atoms with van der Waals surface area (Å²) < 4.78 is 1.47. The minimum atomic E-state index is -0.410. The zero-order valence-electron chi connectivity index (χ0n) is 16.9. The second-order valence-electron chi connectivity index (χ2n) is 7.04. The lowest BCUT2D eigenvalue weighted by Crippen LogP contribution is -2.14. The van der Waals surface area contributed by atoms with E-state index in [1.165, 1.54) is 17.0 Å². The number of halogens is 1. The summed E-state index contributed by atoms with van der Waals surface area (Å²) in [6.07, 6.45) is 4.39. The fourth-order valence-corrected chi connectivity index (χ4v) is 3.51. The van der Waals surface area contributed by atoms with Crippen LogP contribution in [0.4, 0.5) is 5.82 Å². The highest BCUT2D eigenvalue weighted by molar-refractivity contribution is 6.32. The molecule has 2 heterocycles. The van der Waals surface area contributed by atoms with Gasteiger partial charge in [-0.15, -0.1) is 0 Å². The number of fused-ring (bicyclic) bond motifs is 1. The first-order valence-electron chi connectivity index (χ1n) is 9.57. The number of benzene rings is 2. The molecule has 0 spiro atoms. The molecule has 0 aliphatic rings. The second kappa shape index (κ2) is 8.42. The third-order valence-electron chi connectivity index (χ3n) is 4.90. The van der Waals surface area contributed by atoms with Crippen LogP contribution in [-0.4, -0.2) is 20.7 Å². The maximum Gasteiger partial charge on any atom is 0.249 e. The average Bonchev–Trinajstić information content (AvgIpc) is 3.16. The molecule has 0 aliphatic heterocycles. The molecule has 31 heavy (non-hydrogen) atoms. The first kappa shape index (κ1) is 20.3. The van der Waals surface area contributed by atoms with Gasteiger partial charge in [0.2, 0.25) is 5.91 Å². The van der Waals surface area contributed by atoms with Gasteiger partial charge in [-0.05, 0) is 48.7 Å². The molecule has 7 heteroatoms. The van der Waals surface area contributed by atoms with Crippen molar-refractivity contribution in [1.82, 2.24) is 14.8 Å². The molecule has 1 N–H and O–H groups in total. The van der Waals surface area contributed by atoms with Gasteiger partial charge < -0.3 is 5.32 Å². The normalized spacial score (nSPS) is 11.0. The molecule has 152 valence electrons. The van der Waals surface area contributed by atoms with Crippen LogP contribution in [0.25, 0.3) is 22.8 Å². The van der Waals surface area contributed by atoms with E-state index in [0.717, 1.165) is 27.6 Å². The predicted molar refractivity (Wildman–Crippen MR) is 122 cm³/mol. The van der Waals surface area contributed by atoms with Crippen LogP contribution in [0.3, 0.4) is 0 Å². The highest BCUT2D eigenvalue weighted by Gasteiger charge is 2.16. The number of aromatic nitrogens is 3. The van der Waals surface area contributed by atoms with Crippen molar-refractivity contribution in [1.29, 1.82) is 5.26 Å². The molecule has 0 unspecified atom stereocenters. The molecule has 0 saturated heterocycles. The van der Waals surface area contributed by atoms with Crippen LogP contribution in [0.2, 0.25) is 5.02 Å². The van der Waals surface area contributed by atoms with Crippen molar-refractivity contribution in [3.63, 3.8) is 0 Å². The molecule has 0 fully saturated rings. The van der Waals surface area contributed by atoms with Crippen molar-refractivity contribution in [2.75, 3.05) is 5.32 Å². The van der Waals surface area contributed by atoms with Gasteiger partial charge in [-0.1, -0.05) is 48.0 Å². The quantitative estimate of drug-likeness (QED) is 0.453. The average molecular weight is 428 g/mol. The van der Waals surface area contributed by atoms with Crippen LogP contribution < -0.4 is 5.32 Å². The van der Waals surface area contributed by atoms with E-state index < -0.39 is 5.91 Å². The van der Waals surface area contributed by atoms with E-state index in [1.807, 2.05) is 50.2 Å². The Kier molecular flexibility index (Phi) is 5.52. The largest absolute Gasteiger partial charge is 0.306 e. The summed E-state index contributed by atoms with van der Waals surface area (Å²) in [6, 6.07) is 17.1. The number of rotatable bonds is 4. The summed E-state index contributed by atoms with van der Waals surface area (Å²) in [5.74, 6) is 0.370. The van der Waals surface area contributed by atoms with Crippen LogP contribution >= 0.6 is 11.6 Å². The summed E-state index contributed by atoms with van der Waals surface area (Å²) in [4.78, 5) is 17.3. The molecular weight excluding hydrogens is 410 g/mol. The maximum absolute atomic E-state index is 12.6. The Labute approximate surface area is 184 Å². The van der Waals surface area contributed by atoms with Crippen molar-refractivity contribution in [3.8, 4) is 11.9 Å². The van der Waals surface area contributed by atoms with Gasteiger partial charge in [-0.25, -0.2) is 4.98 Å². The minimum absolute atomic E-state index is 0.240. The first-order valence-corrected chi connectivity index (χ1v) is 9.95. The molecule has 0 saturated carbocycles. The van der Waals surface area contributed by atoms with Gasteiger partial charge >= 0.3 is 0 Å². The van der Waals surface area contributed by atoms with E-state index in [-0.39, 0.29) is 11.4 Å². The highest BCUT2D eigenvalue weighted by atomic mass is 35.5. The van der Waals surface area contributed by atoms with Crippen molar-refractivity contribution >= 4 is 40.3 Å². The third-order valence-corrected chi connectivity index (χ3v) is 5.25. The second-order valence-corrected chi connectivity index (χ2v) is 7.45. The molecule has 2 aromatic heterocycles. The number of carbonyl (C=O) groups is 1. The molecule has 1 amide bonds. The monoisotopic (exact) mass is 427 g/mol. The fourth-order valence-electron chi connectivity index (χ4n) is 3.31. The number of nitriles is 1. The standard InChI is InChI=1S/C24H18ClN5O/c1-15-6-5-8-19-16(2)12-21(28-23(15)19)30-24(18(13-26)14-27-30)29-22(31)11-10-17-7-3-4-9-20(17)25/h3-12,14H,1-2H3,(H,29,31)/b11-10+. The third kappa shape index (κ3) is 4.04. The fraction of sp³-hybridized carbons (Fsp3) is 0.0833. The summed E-state index contributed by atoms with van der Waals surface area (Å²) in [6.45, 7) is 3.98. The Morgan fingerprint density at radius 1 is 1.16 bits per heavy atom. The van der Waals surface area contributed by atoms with E-state index in [4.69, 9.17) is 16.6 Å². The summed E-state index contributed by atoms with van der Waals surface area (Å²) >= 11 is 6.13. The predicted octanol–water partition coefficient (Wildman–Crippen LogP) is 5.21. The molecule has 0 aliphatic carbocycles. The van der Waals surface area contributed by atoms with Gasteiger partial charge in [0.05, 0.1) is 11.7 Å². The Balaban J connectivity index is 1.71. The number of carbonyl (C=O) groups excluding carboxylic acids is 1. The van der Waals surface area contributed by atoms with Gasteiger partial charge in [0.1, 0.15) is 11.6 Å². The number of nitrogens with zero attached hydrogens (tertiary/aromatic N) is 4. The van der Waals surface area contributed by atoms with Gasteiger partial charge in [0, 0.05) is 16.5 Å². The molecule has 4 aromatic rings. The summed E-state index contributed by atoms with van der Waals surface area (Å²) in [5.41, 5.74) is 3.86. The molecule has 4 rings (SSSR count). The number of pyridine rings is 1. The van der Waals surface area contributed by atoms with Crippen molar-refractivity contribution in [3.05, 3.63) is 88.1 Å². The van der Waals surface area contributed by atoms with Crippen LogP contribution in [0, 0.1) is 25.2 Å². The molecule has 2 aromatic carbocycles.